The molecule has 164 valence electrons. The number of nitrogens with zero attached hydrogens (tertiary/aromatic N) is 2. The van der Waals surface area contributed by atoms with Gasteiger partial charge in [-0.1, -0.05) is 12.1 Å². The molecule has 0 N–H and O–H groups in total. The Kier molecular flexibility index (Phi) is 6.14. The van der Waals surface area contributed by atoms with E-state index in [2.05, 4.69) is 0 Å². The molecule has 0 aliphatic carbocycles. The molecule has 0 unspecified atom stereocenters. The van der Waals surface area contributed by atoms with Gasteiger partial charge in [-0.15, -0.1) is 11.8 Å². The van der Waals surface area contributed by atoms with E-state index in [1.807, 2.05) is 35.4 Å². The van der Waals surface area contributed by atoms with Crippen LogP contribution in [0.4, 0.5) is 0 Å². The van der Waals surface area contributed by atoms with Crippen LogP contribution < -0.4 is 9.47 Å². The van der Waals surface area contributed by atoms with Crippen molar-refractivity contribution in [3.8, 4) is 11.5 Å². The van der Waals surface area contributed by atoms with Crippen LogP contribution in [0.2, 0.25) is 0 Å². The number of methoxy groups -OCH3 is 2. The summed E-state index contributed by atoms with van der Waals surface area (Å²) in [4.78, 5) is 31.9. The van der Waals surface area contributed by atoms with Gasteiger partial charge in [-0.25, -0.2) is 0 Å². The van der Waals surface area contributed by atoms with Crippen LogP contribution in [0.5, 0.6) is 11.5 Å². The number of carbonyl (C=O) groups excluding carboxylic acids is 2. The molecule has 0 radical (unpaired) electrons. The van der Waals surface area contributed by atoms with Gasteiger partial charge in [-0.2, -0.15) is 0 Å². The van der Waals surface area contributed by atoms with E-state index >= 15 is 0 Å². The van der Waals surface area contributed by atoms with Crippen LogP contribution in [0.1, 0.15) is 46.3 Å². The van der Waals surface area contributed by atoms with Gasteiger partial charge >= 0.3 is 0 Å². The highest BCUT2D eigenvalue weighted by atomic mass is 32.2. The van der Waals surface area contributed by atoms with Crippen LogP contribution >= 0.6 is 11.8 Å². The average Bonchev–Trinajstić information content (AvgIpc) is 3.35. The summed E-state index contributed by atoms with van der Waals surface area (Å²) in [6.45, 7) is 1.52. The van der Waals surface area contributed by atoms with E-state index in [1.54, 1.807) is 50.1 Å². The molecule has 0 bridgehead atoms. The SMILES string of the molecule is COc1cc2c(cc1OC)[C@H](C(=O)N1CCCC1)[C@@H](c1ccc(SC)cc1)N(C)C2=O. The summed E-state index contributed by atoms with van der Waals surface area (Å²) >= 11 is 1.66. The molecule has 0 aromatic heterocycles. The molecule has 2 amide bonds. The number of fused-ring (bicyclic) bond motifs is 1. The molecule has 2 atom stereocenters. The van der Waals surface area contributed by atoms with Crippen molar-refractivity contribution < 1.29 is 19.1 Å². The molecule has 2 aliphatic rings. The number of hydrogen-bond acceptors (Lipinski definition) is 5. The lowest BCUT2D eigenvalue weighted by Gasteiger charge is -2.41. The van der Waals surface area contributed by atoms with Crippen LogP contribution in [0.25, 0.3) is 0 Å². The molecule has 2 aromatic rings. The third-order valence-electron chi connectivity index (χ3n) is 6.32. The van der Waals surface area contributed by atoms with Gasteiger partial charge in [-0.3, -0.25) is 9.59 Å². The maximum atomic E-state index is 13.8. The highest BCUT2D eigenvalue weighted by Gasteiger charge is 2.45. The predicted molar refractivity (Wildman–Crippen MR) is 121 cm³/mol. The molecular weight excluding hydrogens is 412 g/mol. The molecule has 4 rings (SSSR count). The molecule has 2 heterocycles. The Balaban J connectivity index is 1.89. The zero-order valence-corrected chi connectivity index (χ0v) is 19.2. The fourth-order valence-electron chi connectivity index (χ4n) is 4.67. The summed E-state index contributed by atoms with van der Waals surface area (Å²) in [5, 5.41) is 0. The molecule has 1 saturated heterocycles. The van der Waals surface area contributed by atoms with Gasteiger partial charge in [0.2, 0.25) is 5.91 Å². The molecule has 31 heavy (non-hydrogen) atoms. The van der Waals surface area contributed by atoms with Crippen molar-refractivity contribution in [2.75, 3.05) is 40.6 Å². The summed E-state index contributed by atoms with van der Waals surface area (Å²) in [6, 6.07) is 11.2. The Morgan fingerprint density at radius 1 is 1.03 bits per heavy atom. The number of amides is 2. The van der Waals surface area contributed by atoms with E-state index in [0.29, 0.717) is 22.6 Å². The van der Waals surface area contributed by atoms with E-state index in [9.17, 15) is 9.59 Å². The van der Waals surface area contributed by atoms with Crippen molar-refractivity contribution in [2.45, 2.75) is 29.7 Å². The van der Waals surface area contributed by atoms with Crippen LogP contribution in [-0.2, 0) is 4.79 Å². The van der Waals surface area contributed by atoms with Gasteiger partial charge in [0.25, 0.3) is 5.91 Å². The standard InChI is InChI=1S/C24H28N2O4S/c1-25-22(15-7-9-16(31-4)10-8-15)21(24(28)26-11-5-6-12-26)17-13-19(29-2)20(30-3)14-18(17)23(25)27/h7-10,13-14,21-22H,5-6,11-12H2,1-4H3/t21-,22+/m0/s1. The minimum absolute atomic E-state index is 0.0595. The van der Waals surface area contributed by atoms with E-state index in [-0.39, 0.29) is 17.9 Å². The Bertz CT molecular complexity index is 986. The number of benzene rings is 2. The average molecular weight is 441 g/mol. The number of rotatable bonds is 5. The minimum Gasteiger partial charge on any atom is -0.493 e. The molecular formula is C24H28N2O4S. The lowest BCUT2D eigenvalue weighted by Crippen LogP contribution is -2.46. The third-order valence-corrected chi connectivity index (χ3v) is 7.06. The van der Waals surface area contributed by atoms with Gasteiger partial charge in [0.15, 0.2) is 11.5 Å². The van der Waals surface area contributed by atoms with Gasteiger partial charge in [0.05, 0.1) is 26.2 Å². The smallest absolute Gasteiger partial charge is 0.254 e. The molecule has 1 fully saturated rings. The number of ether oxygens (including phenoxy) is 2. The number of thioether (sulfide) groups is 1. The summed E-state index contributed by atoms with van der Waals surface area (Å²) in [5.74, 6) is 0.438. The number of hydrogen-bond donors (Lipinski definition) is 0. The maximum Gasteiger partial charge on any atom is 0.254 e. The second-order valence-corrected chi connectivity index (χ2v) is 8.82. The van der Waals surface area contributed by atoms with Crippen LogP contribution in [0.15, 0.2) is 41.3 Å². The Morgan fingerprint density at radius 2 is 1.65 bits per heavy atom. The molecule has 2 aliphatic heterocycles. The van der Waals surface area contributed by atoms with Crippen molar-refractivity contribution in [2.24, 2.45) is 0 Å². The lowest BCUT2D eigenvalue weighted by atomic mass is 9.79. The summed E-state index contributed by atoms with van der Waals surface area (Å²) in [6.07, 6.45) is 4.05. The largest absolute Gasteiger partial charge is 0.493 e. The van der Waals surface area contributed by atoms with Crippen LogP contribution in [0.3, 0.4) is 0 Å². The monoisotopic (exact) mass is 440 g/mol. The van der Waals surface area contributed by atoms with Gasteiger partial charge in [-0.05, 0) is 54.5 Å². The van der Waals surface area contributed by atoms with Gasteiger partial charge < -0.3 is 19.3 Å². The summed E-state index contributed by atoms with van der Waals surface area (Å²) in [5.41, 5.74) is 2.15. The first-order valence-corrected chi connectivity index (χ1v) is 11.7. The molecule has 6 nitrogen and oxygen atoms in total. The Hall–Kier alpha value is -2.67. The number of likely N-dealkylation sites (tertiary alicyclic amines) is 1. The van der Waals surface area contributed by atoms with Crippen LogP contribution in [0, 0.1) is 0 Å². The highest BCUT2D eigenvalue weighted by Crippen LogP contribution is 2.46. The Morgan fingerprint density at radius 3 is 2.23 bits per heavy atom. The van der Waals surface area contributed by atoms with Crippen molar-refractivity contribution in [1.82, 2.24) is 9.80 Å². The fourth-order valence-corrected chi connectivity index (χ4v) is 5.07. The number of likely N-dealkylation sites (N-methyl/N-ethyl adjacent to an activating group) is 1. The van der Waals surface area contributed by atoms with Crippen molar-refractivity contribution >= 4 is 23.6 Å². The normalized spacial score (nSPS) is 20.6. The zero-order chi connectivity index (χ0) is 22.1. The van der Waals surface area contributed by atoms with Crippen molar-refractivity contribution in [3.63, 3.8) is 0 Å². The second kappa shape index (κ2) is 8.83. The minimum atomic E-state index is -0.504. The fraction of sp³-hybridized carbons (Fsp3) is 0.417. The molecule has 7 heteroatoms. The summed E-state index contributed by atoms with van der Waals surface area (Å²) in [7, 11) is 4.89. The van der Waals surface area contributed by atoms with E-state index < -0.39 is 5.92 Å². The molecule has 0 saturated carbocycles. The highest BCUT2D eigenvalue weighted by molar-refractivity contribution is 7.98. The van der Waals surface area contributed by atoms with Crippen molar-refractivity contribution in [3.05, 3.63) is 53.1 Å². The van der Waals surface area contributed by atoms with Crippen molar-refractivity contribution in [1.29, 1.82) is 0 Å². The molecule has 2 aromatic carbocycles. The van der Waals surface area contributed by atoms with Crippen LogP contribution in [-0.4, -0.2) is 62.2 Å². The Labute approximate surface area is 187 Å². The predicted octanol–water partition coefficient (Wildman–Crippen LogP) is 3.96. The first kappa shape index (κ1) is 21.6. The van der Waals surface area contributed by atoms with E-state index in [4.69, 9.17) is 9.47 Å². The van der Waals surface area contributed by atoms with Gasteiger partial charge in [0, 0.05) is 30.6 Å². The zero-order valence-electron chi connectivity index (χ0n) is 18.4. The quantitative estimate of drug-likeness (QED) is 0.659. The number of carbonyl (C=O) groups is 2. The second-order valence-electron chi connectivity index (χ2n) is 7.94. The summed E-state index contributed by atoms with van der Waals surface area (Å²) < 4.78 is 10.9. The van der Waals surface area contributed by atoms with E-state index in [0.717, 1.165) is 36.4 Å². The topological polar surface area (TPSA) is 59.1 Å². The maximum absolute atomic E-state index is 13.8. The molecule has 0 spiro atoms. The van der Waals surface area contributed by atoms with Gasteiger partial charge in [0.1, 0.15) is 0 Å². The van der Waals surface area contributed by atoms with E-state index in [1.165, 1.54) is 0 Å². The third kappa shape index (κ3) is 3.76. The first-order valence-electron chi connectivity index (χ1n) is 10.5. The first-order chi connectivity index (χ1) is 15.0. The lowest BCUT2D eigenvalue weighted by molar-refractivity contribution is -0.133.